The molecule has 1 aliphatic heterocycles. The molecule has 0 amide bonds. The van der Waals surface area contributed by atoms with Gasteiger partial charge in [-0.15, -0.1) is 0 Å². The van der Waals surface area contributed by atoms with Gasteiger partial charge in [-0.05, 0) is 6.42 Å². The van der Waals surface area contributed by atoms with Gasteiger partial charge in [0.15, 0.2) is 0 Å². The first-order valence-corrected chi connectivity index (χ1v) is 9.83. The van der Waals surface area contributed by atoms with E-state index < -0.39 is 37.1 Å². The third kappa shape index (κ3) is 8.13. The Bertz CT molecular complexity index is 360. The standard InChI is InChI=1S/C19H36O6/c1-2-3-4-5-6-7-8-9-10-11-14(21)12-15-17(22)19(24)18(23)16(13-20)25-15/h15-20,22-24H,2-13H2,1H3/t15-,16-,17+,18-,19-/m1/s1. The smallest absolute Gasteiger partial charge is 0.135 e. The fourth-order valence-electron chi connectivity index (χ4n) is 3.31. The molecule has 1 heterocycles. The molecular weight excluding hydrogens is 324 g/mol. The predicted octanol–water partition coefficient (Wildman–Crippen LogP) is 1.71. The minimum Gasteiger partial charge on any atom is -0.394 e. The van der Waals surface area contributed by atoms with Crippen LogP contribution in [0.25, 0.3) is 0 Å². The van der Waals surface area contributed by atoms with Crippen molar-refractivity contribution >= 4 is 5.78 Å². The molecule has 0 saturated carbocycles. The average molecular weight is 360 g/mol. The first kappa shape index (κ1) is 22.5. The molecule has 0 aromatic rings. The summed E-state index contributed by atoms with van der Waals surface area (Å²) in [7, 11) is 0. The molecular formula is C19H36O6. The van der Waals surface area contributed by atoms with Gasteiger partial charge in [0, 0.05) is 12.8 Å². The first-order valence-electron chi connectivity index (χ1n) is 9.83. The molecule has 6 heteroatoms. The van der Waals surface area contributed by atoms with E-state index in [4.69, 9.17) is 9.84 Å². The minimum atomic E-state index is -1.41. The maximum atomic E-state index is 12.0. The van der Waals surface area contributed by atoms with Gasteiger partial charge < -0.3 is 25.2 Å². The Labute approximate surface area is 151 Å². The molecule has 5 atom stereocenters. The van der Waals surface area contributed by atoms with Crippen LogP contribution >= 0.6 is 0 Å². The Hall–Kier alpha value is -0.530. The zero-order valence-corrected chi connectivity index (χ0v) is 15.5. The van der Waals surface area contributed by atoms with Gasteiger partial charge in [-0.3, -0.25) is 4.79 Å². The molecule has 1 rings (SSSR count). The molecule has 25 heavy (non-hydrogen) atoms. The summed E-state index contributed by atoms with van der Waals surface area (Å²) >= 11 is 0. The van der Waals surface area contributed by atoms with Crippen LogP contribution < -0.4 is 0 Å². The monoisotopic (exact) mass is 360 g/mol. The minimum absolute atomic E-state index is 0.00152. The largest absolute Gasteiger partial charge is 0.394 e. The molecule has 0 spiro atoms. The summed E-state index contributed by atoms with van der Waals surface area (Å²) < 4.78 is 5.36. The van der Waals surface area contributed by atoms with E-state index in [0.29, 0.717) is 6.42 Å². The van der Waals surface area contributed by atoms with E-state index in [-0.39, 0.29) is 12.2 Å². The average Bonchev–Trinajstić information content (AvgIpc) is 2.60. The fraction of sp³-hybridized carbons (Fsp3) is 0.947. The molecule has 0 unspecified atom stereocenters. The van der Waals surface area contributed by atoms with Crippen molar-refractivity contribution in [1.29, 1.82) is 0 Å². The van der Waals surface area contributed by atoms with Crippen LogP contribution in [-0.2, 0) is 9.53 Å². The zero-order valence-electron chi connectivity index (χ0n) is 15.5. The molecule has 0 aromatic heterocycles. The fourth-order valence-corrected chi connectivity index (χ4v) is 3.31. The molecule has 0 aromatic carbocycles. The van der Waals surface area contributed by atoms with E-state index >= 15 is 0 Å². The Balaban J connectivity index is 2.15. The summed E-state index contributed by atoms with van der Waals surface area (Å²) in [4.78, 5) is 12.0. The lowest BCUT2D eigenvalue weighted by molar-refractivity contribution is -0.229. The summed E-state index contributed by atoms with van der Waals surface area (Å²) in [5, 5.41) is 38.5. The summed E-state index contributed by atoms with van der Waals surface area (Å²) in [5.41, 5.74) is 0. The van der Waals surface area contributed by atoms with Gasteiger partial charge >= 0.3 is 0 Å². The number of rotatable bonds is 13. The highest BCUT2D eigenvalue weighted by atomic mass is 16.5. The molecule has 1 saturated heterocycles. The number of carbonyl (C=O) groups excluding carboxylic acids is 1. The normalized spacial score (nSPS) is 29.7. The zero-order chi connectivity index (χ0) is 18.7. The number of hydrogen-bond acceptors (Lipinski definition) is 6. The van der Waals surface area contributed by atoms with E-state index in [1.165, 1.54) is 38.5 Å². The van der Waals surface area contributed by atoms with E-state index in [9.17, 15) is 20.1 Å². The van der Waals surface area contributed by atoms with Crippen LogP contribution in [-0.4, -0.2) is 63.3 Å². The topological polar surface area (TPSA) is 107 Å². The van der Waals surface area contributed by atoms with Crippen molar-refractivity contribution in [2.45, 2.75) is 108 Å². The number of ether oxygens (including phenoxy) is 1. The summed E-state index contributed by atoms with van der Waals surface area (Å²) in [6.45, 7) is 1.75. The number of aliphatic hydroxyl groups is 4. The molecule has 148 valence electrons. The molecule has 6 nitrogen and oxygen atoms in total. The van der Waals surface area contributed by atoms with Crippen molar-refractivity contribution in [1.82, 2.24) is 0 Å². The second-order valence-electron chi connectivity index (χ2n) is 7.19. The maximum Gasteiger partial charge on any atom is 0.135 e. The highest BCUT2D eigenvalue weighted by molar-refractivity contribution is 5.78. The van der Waals surface area contributed by atoms with Crippen LogP contribution in [0, 0.1) is 0 Å². The maximum absolute atomic E-state index is 12.0. The number of hydrogen-bond donors (Lipinski definition) is 4. The third-order valence-corrected chi connectivity index (χ3v) is 4.98. The van der Waals surface area contributed by atoms with Crippen LogP contribution in [0.15, 0.2) is 0 Å². The van der Waals surface area contributed by atoms with Gasteiger partial charge in [-0.1, -0.05) is 58.3 Å². The van der Waals surface area contributed by atoms with Crippen molar-refractivity contribution in [2.24, 2.45) is 0 Å². The summed E-state index contributed by atoms with van der Waals surface area (Å²) in [6, 6.07) is 0. The van der Waals surface area contributed by atoms with Gasteiger partial charge in [0.1, 0.15) is 30.2 Å². The lowest BCUT2D eigenvalue weighted by Gasteiger charge is -2.39. The van der Waals surface area contributed by atoms with Crippen molar-refractivity contribution in [2.75, 3.05) is 6.61 Å². The van der Waals surface area contributed by atoms with E-state index in [0.717, 1.165) is 19.3 Å². The van der Waals surface area contributed by atoms with E-state index in [1.54, 1.807) is 0 Å². The summed E-state index contributed by atoms with van der Waals surface area (Å²) in [6.07, 6.45) is 5.17. The molecule has 1 aliphatic rings. The highest BCUT2D eigenvalue weighted by Crippen LogP contribution is 2.24. The second kappa shape index (κ2) is 12.8. The molecule has 0 bridgehead atoms. The Morgan fingerprint density at radius 3 is 1.88 bits per heavy atom. The number of unbranched alkanes of at least 4 members (excludes halogenated alkanes) is 8. The Morgan fingerprint density at radius 1 is 0.800 bits per heavy atom. The van der Waals surface area contributed by atoms with Crippen molar-refractivity contribution in [3.8, 4) is 0 Å². The summed E-state index contributed by atoms with van der Waals surface area (Å²) in [5.74, 6) is -0.0210. The molecule has 0 radical (unpaired) electrons. The van der Waals surface area contributed by atoms with Crippen LogP contribution in [0.5, 0.6) is 0 Å². The molecule has 4 N–H and O–H groups in total. The van der Waals surface area contributed by atoms with Crippen LogP contribution in [0.1, 0.15) is 77.6 Å². The highest BCUT2D eigenvalue weighted by Gasteiger charge is 2.43. The molecule has 1 fully saturated rings. The second-order valence-corrected chi connectivity index (χ2v) is 7.19. The van der Waals surface area contributed by atoms with Crippen molar-refractivity contribution in [3.63, 3.8) is 0 Å². The lowest BCUT2D eigenvalue weighted by atomic mass is 9.92. The van der Waals surface area contributed by atoms with E-state index in [2.05, 4.69) is 6.92 Å². The molecule has 0 aliphatic carbocycles. The quantitative estimate of drug-likeness (QED) is 0.373. The van der Waals surface area contributed by atoms with Gasteiger partial charge in [0.05, 0.1) is 12.7 Å². The number of ketones is 1. The lowest BCUT2D eigenvalue weighted by Crippen LogP contribution is -2.58. The van der Waals surface area contributed by atoms with Crippen LogP contribution in [0.3, 0.4) is 0 Å². The van der Waals surface area contributed by atoms with E-state index in [1.807, 2.05) is 0 Å². The van der Waals surface area contributed by atoms with Gasteiger partial charge in [0.2, 0.25) is 0 Å². The Kier molecular flexibility index (Phi) is 11.5. The number of Topliss-reactive ketones (excluding diaryl/α,β-unsaturated/α-hetero) is 1. The van der Waals surface area contributed by atoms with Gasteiger partial charge in [-0.25, -0.2) is 0 Å². The van der Waals surface area contributed by atoms with Crippen LogP contribution in [0.4, 0.5) is 0 Å². The van der Waals surface area contributed by atoms with Crippen molar-refractivity contribution in [3.05, 3.63) is 0 Å². The Morgan fingerprint density at radius 2 is 1.32 bits per heavy atom. The van der Waals surface area contributed by atoms with Gasteiger partial charge in [0.25, 0.3) is 0 Å². The number of aliphatic hydroxyl groups excluding tert-OH is 4. The first-order chi connectivity index (χ1) is 12.0. The SMILES string of the molecule is CCCCCCCCCCCC(=O)C[C@H]1O[C@H](CO)[C@@H](O)[C@H](O)[C@H]1O. The van der Waals surface area contributed by atoms with Crippen LogP contribution in [0.2, 0.25) is 0 Å². The van der Waals surface area contributed by atoms with Crippen molar-refractivity contribution < 1.29 is 30.0 Å². The van der Waals surface area contributed by atoms with Gasteiger partial charge in [-0.2, -0.15) is 0 Å². The number of carbonyl (C=O) groups is 1. The third-order valence-electron chi connectivity index (χ3n) is 4.98. The predicted molar refractivity (Wildman–Crippen MR) is 95.2 cm³/mol.